The van der Waals surface area contributed by atoms with Crippen LogP contribution in [0.15, 0.2) is 6.20 Å². The largest absolute Gasteiger partial charge is 0.390 e. The highest BCUT2D eigenvalue weighted by Gasteiger charge is 2.29. The molecule has 6 heteroatoms. The molecule has 0 aliphatic heterocycles. The molecule has 0 radical (unpaired) electrons. The van der Waals surface area contributed by atoms with Crippen LogP contribution in [0.5, 0.6) is 0 Å². The first-order valence-electron chi connectivity index (χ1n) is 5.80. The van der Waals surface area contributed by atoms with Gasteiger partial charge < -0.3 is 10.8 Å². The van der Waals surface area contributed by atoms with Crippen LogP contribution in [0.25, 0.3) is 0 Å². The number of aliphatic hydroxyl groups excluding tert-OH is 1. The minimum Gasteiger partial charge on any atom is -0.390 e. The molecule has 1 aromatic rings. The van der Waals surface area contributed by atoms with E-state index >= 15 is 0 Å². The molecule has 5 nitrogen and oxygen atoms in total. The highest BCUT2D eigenvalue weighted by atomic mass is 35.5. The third kappa shape index (κ3) is 5.02. The summed E-state index contributed by atoms with van der Waals surface area (Å²) in [6.45, 7) is 6.50. The Bertz CT molecular complexity index is 307. The smallest absolute Gasteiger partial charge is 0.0866 e. The molecule has 1 fully saturated rings. The van der Waals surface area contributed by atoms with Crippen LogP contribution in [-0.4, -0.2) is 26.1 Å². The Kier molecular flexibility index (Phi) is 7.34. The van der Waals surface area contributed by atoms with Crippen molar-refractivity contribution in [3.8, 4) is 0 Å². The fourth-order valence-electron chi connectivity index (χ4n) is 1.52. The van der Waals surface area contributed by atoms with Gasteiger partial charge in [-0.2, -0.15) is 0 Å². The average molecular weight is 263 g/mol. The Morgan fingerprint density at radius 1 is 1.47 bits per heavy atom. The van der Waals surface area contributed by atoms with Crippen molar-refractivity contribution in [1.29, 1.82) is 0 Å². The highest BCUT2D eigenvalue weighted by molar-refractivity contribution is 5.85. The van der Waals surface area contributed by atoms with Crippen molar-refractivity contribution in [3.05, 3.63) is 11.9 Å². The normalized spacial score (nSPS) is 22.2. The van der Waals surface area contributed by atoms with Crippen LogP contribution in [0.1, 0.15) is 45.3 Å². The predicted molar refractivity (Wildman–Crippen MR) is 70.0 cm³/mol. The topological polar surface area (TPSA) is 77.0 Å². The lowest BCUT2D eigenvalue weighted by atomic mass is 9.88. The molecule has 0 saturated heterocycles. The number of hydrogen-bond donors (Lipinski definition) is 2. The van der Waals surface area contributed by atoms with Crippen LogP contribution in [0.2, 0.25) is 0 Å². The van der Waals surface area contributed by atoms with Crippen molar-refractivity contribution in [2.24, 2.45) is 11.7 Å². The molecule has 2 rings (SSSR count). The van der Waals surface area contributed by atoms with E-state index < -0.39 is 0 Å². The van der Waals surface area contributed by atoms with Gasteiger partial charge in [0.05, 0.1) is 24.5 Å². The van der Waals surface area contributed by atoms with Crippen molar-refractivity contribution in [2.75, 3.05) is 0 Å². The molecule has 1 aliphatic rings. The third-order valence-electron chi connectivity index (χ3n) is 2.31. The summed E-state index contributed by atoms with van der Waals surface area (Å²) in [4.78, 5) is 0. The molecule has 0 amide bonds. The zero-order chi connectivity index (χ0) is 12.1. The van der Waals surface area contributed by atoms with Gasteiger partial charge in [-0.25, -0.2) is 4.68 Å². The second-order valence-corrected chi connectivity index (χ2v) is 4.95. The second kappa shape index (κ2) is 7.63. The molecule has 17 heavy (non-hydrogen) atoms. The van der Waals surface area contributed by atoms with E-state index in [0.717, 1.165) is 24.5 Å². The molecule has 0 atom stereocenters. The summed E-state index contributed by atoms with van der Waals surface area (Å²) in [5, 5.41) is 16.5. The van der Waals surface area contributed by atoms with Gasteiger partial charge in [0.15, 0.2) is 0 Å². The molecule has 1 heterocycles. The van der Waals surface area contributed by atoms with Crippen LogP contribution >= 0.6 is 12.4 Å². The zero-order valence-corrected chi connectivity index (χ0v) is 11.5. The monoisotopic (exact) mass is 262 g/mol. The van der Waals surface area contributed by atoms with Gasteiger partial charge in [-0.1, -0.05) is 26.0 Å². The molecule has 0 aromatic carbocycles. The van der Waals surface area contributed by atoms with Gasteiger partial charge in [0.25, 0.3) is 0 Å². The number of aliphatic hydroxyl groups is 1. The quantitative estimate of drug-likeness (QED) is 0.847. The van der Waals surface area contributed by atoms with Gasteiger partial charge in [-0.3, -0.25) is 0 Å². The summed E-state index contributed by atoms with van der Waals surface area (Å²) in [6, 6.07) is 0.649. The molecule has 3 N–H and O–H groups in total. The molecule has 0 bridgehead atoms. The van der Waals surface area contributed by atoms with Crippen LogP contribution in [0.3, 0.4) is 0 Å². The van der Waals surface area contributed by atoms with Crippen LogP contribution < -0.4 is 5.73 Å². The molecular weight excluding hydrogens is 240 g/mol. The lowest BCUT2D eigenvalue weighted by molar-refractivity contribution is 0.212. The van der Waals surface area contributed by atoms with E-state index in [9.17, 15) is 0 Å². The Hall–Kier alpha value is -0.650. The molecule has 0 unspecified atom stereocenters. The maximum Gasteiger partial charge on any atom is 0.0866 e. The van der Waals surface area contributed by atoms with Crippen molar-refractivity contribution < 1.29 is 5.11 Å². The van der Waals surface area contributed by atoms with Gasteiger partial charge in [-0.15, -0.1) is 17.5 Å². The van der Waals surface area contributed by atoms with Gasteiger partial charge in [0.2, 0.25) is 0 Å². The number of rotatable bonds is 2. The van der Waals surface area contributed by atoms with E-state index in [4.69, 9.17) is 10.8 Å². The maximum absolute atomic E-state index is 8.91. The molecule has 100 valence electrons. The zero-order valence-electron chi connectivity index (χ0n) is 10.7. The van der Waals surface area contributed by atoms with Crippen LogP contribution in [0, 0.1) is 5.92 Å². The van der Waals surface area contributed by atoms with E-state index in [-0.39, 0.29) is 19.0 Å². The number of nitrogens with two attached hydrogens (primary N) is 1. The van der Waals surface area contributed by atoms with Gasteiger partial charge in [0, 0.05) is 6.04 Å². The minimum atomic E-state index is -0.00125. The molecule has 1 aliphatic carbocycles. The second-order valence-electron chi connectivity index (χ2n) is 4.95. The lowest BCUT2D eigenvalue weighted by Crippen LogP contribution is -2.38. The predicted octanol–water partition coefficient (Wildman–Crippen LogP) is 1.52. The number of nitrogens with zero attached hydrogens (tertiary/aromatic N) is 3. The fraction of sp³-hybridized carbons (Fsp3) is 0.818. The summed E-state index contributed by atoms with van der Waals surface area (Å²) >= 11 is 0. The maximum atomic E-state index is 8.91. The Morgan fingerprint density at radius 2 is 2.00 bits per heavy atom. The first-order valence-corrected chi connectivity index (χ1v) is 5.80. The van der Waals surface area contributed by atoms with E-state index in [2.05, 4.69) is 31.1 Å². The Balaban J connectivity index is 0.000000453. The van der Waals surface area contributed by atoms with E-state index in [1.165, 1.54) is 0 Å². The molecular formula is C11H23ClN4O. The van der Waals surface area contributed by atoms with E-state index in [1.54, 1.807) is 10.9 Å². The van der Waals surface area contributed by atoms with E-state index in [1.807, 2.05) is 0 Å². The summed E-state index contributed by atoms with van der Waals surface area (Å²) < 4.78 is 1.77. The van der Waals surface area contributed by atoms with Crippen LogP contribution in [0.4, 0.5) is 0 Å². The Labute approximate surface area is 109 Å². The SMILES string of the molecule is CC(C)C.Cl.NC1CC(n2nncc2CO)C1. The van der Waals surface area contributed by atoms with Gasteiger partial charge in [-0.05, 0) is 18.8 Å². The number of halogens is 1. The van der Waals surface area contributed by atoms with Crippen molar-refractivity contribution >= 4 is 12.4 Å². The third-order valence-corrected chi connectivity index (χ3v) is 2.31. The van der Waals surface area contributed by atoms with Gasteiger partial charge in [0.1, 0.15) is 0 Å². The first-order chi connectivity index (χ1) is 7.54. The van der Waals surface area contributed by atoms with Gasteiger partial charge >= 0.3 is 0 Å². The van der Waals surface area contributed by atoms with Crippen molar-refractivity contribution in [2.45, 2.75) is 52.3 Å². The molecule has 1 aromatic heterocycles. The van der Waals surface area contributed by atoms with Crippen molar-refractivity contribution in [1.82, 2.24) is 15.0 Å². The van der Waals surface area contributed by atoms with Crippen molar-refractivity contribution in [3.63, 3.8) is 0 Å². The van der Waals surface area contributed by atoms with E-state index in [0.29, 0.717) is 12.1 Å². The standard InChI is InChI=1S/C7H12N4O.C4H10.ClH/c8-5-1-6(2-5)11-7(4-12)3-9-10-11;1-4(2)3;/h3,5-6,12H,1-2,4,8H2;4H,1-3H3;1H. The summed E-state index contributed by atoms with van der Waals surface area (Å²) in [5.41, 5.74) is 6.41. The first kappa shape index (κ1) is 16.4. The summed E-state index contributed by atoms with van der Waals surface area (Å²) in [5.74, 6) is 0.833. The number of hydrogen-bond acceptors (Lipinski definition) is 4. The number of aromatic nitrogens is 3. The minimum absolute atomic E-state index is 0. The fourth-order valence-corrected chi connectivity index (χ4v) is 1.52. The highest BCUT2D eigenvalue weighted by Crippen LogP contribution is 2.30. The summed E-state index contributed by atoms with van der Waals surface area (Å²) in [6.07, 6.45) is 3.47. The van der Waals surface area contributed by atoms with Crippen LogP contribution in [-0.2, 0) is 6.61 Å². The molecule has 0 spiro atoms. The lowest BCUT2D eigenvalue weighted by Gasteiger charge is -2.32. The summed E-state index contributed by atoms with van der Waals surface area (Å²) in [7, 11) is 0. The Morgan fingerprint density at radius 3 is 2.41 bits per heavy atom. The average Bonchev–Trinajstić information content (AvgIpc) is 2.59. The molecule has 1 saturated carbocycles.